The van der Waals surface area contributed by atoms with Crippen LogP contribution in [0.5, 0.6) is 0 Å². The van der Waals surface area contributed by atoms with Gasteiger partial charge in [0, 0.05) is 0 Å². The van der Waals surface area contributed by atoms with E-state index < -0.39 is 0 Å². The van der Waals surface area contributed by atoms with E-state index in [9.17, 15) is 0 Å². The Morgan fingerprint density at radius 1 is 1.27 bits per heavy atom. The van der Waals surface area contributed by atoms with Gasteiger partial charge < -0.3 is 0 Å². The van der Waals surface area contributed by atoms with Crippen LogP contribution in [0.1, 0.15) is 19.8 Å². The molecule has 0 aliphatic heterocycles. The van der Waals surface area contributed by atoms with E-state index in [1.54, 1.807) is 0 Å². The highest BCUT2D eigenvalue weighted by molar-refractivity contribution is 6.44. The molecule has 0 spiro atoms. The molecule has 0 aromatic carbocycles. The Kier molecular flexibility index (Phi) is 3.22. The van der Waals surface area contributed by atoms with Crippen LogP contribution in [0, 0.1) is 0 Å². The van der Waals surface area contributed by atoms with Gasteiger partial charge in [0.1, 0.15) is 0 Å². The normalized spacial score (nSPS) is 18.3. The van der Waals surface area contributed by atoms with Crippen molar-refractivity contribution in [3.8, 4) is 0 Å². The zero-order chi connectivity index (χ0) is 8.27. The molecule has 0 unspecified atom stereocenters. The van der Waals surface area contributed by atoms with Gasteiger partial charge in [-0.05, 0) is 18.9 Å². The molecule has 2 heteroatoms. The van der Waals surface area contributed by atoms with Crippen LogP contribution in [0.3, 0.4) is 0 Å². The molecule has 11 heavy (non-hydrogen) atoms. The van der Waals surface area contributed by atoms with Gasteiger partial charge in [0.25, 0.3) is 0 Å². The van der Waals surface area contributed by atoms with Gasteiger partial charge >= 0.3 is 0 Å². The van der Waals surface area contributed by atoms with E-state index in [2.05, 4.69) is 6.92 Å². The van der Waals surface area contributed by atoms with Crippen molar-refractivity contribution in [2.24, 2.45) is 0 Å². The molecule has 0 saturated carbocycles. The number of allylic oxidation sites excluding steroid dienone is 6. The van der Waals surface area contributed by atoms with Gasteiger partial charge in [0.15, 0.2) is 0 Å². The van der Waals surface area contributed by atoms with Crippen LogP contribution < -0.4 is 0 Å². The molecule has 0 atom stereocenters. The van der Waals surface area contributed by atoms with E-state index in [0.717, 1.165) is 12.8 Å². The van der Waals surface area contributed by atoms with Crippen LogP contribution >= 0.6 is 23.2 Å². The maximum absolute atomic E-state index is 5.82. The monoisotopic (exact) mass is 188 g/mol. The lowest BCUT2D eigenvalue weighted by Gasteiger charge is -1.95. The van der Waals surface area contributed by atoms with Crippen molar-refractivity contribution in [3.63, 3.8) is 0 Å². The first-order valence-corrected chi connectivity index (χ1v) is 4.41. The van der Waals surface area contributed by atoms with Gasteiger partial charge in [-0.2, -0.15) is 0 Å². The van der Waals surface area contributed by atoms with Crippen LogP contribution in [-0.2, 0) is 0 Å². The van der Waals surface area contributed by atoms with E-state index in [4.69, 9.17) is 23.2 Å². The van der Waals surface area contributed by atoms with Crippen LogP contribution in [0.4, 0.5) is 0 Å². The fourth-order valence-electron chi connectivity index (χ4n) is 0.919. The van der Waals surface area contributed by atoms with E-state index in [1.807, 2.05) is 18.2 Å². The summed E-state index contributed by atoms with van der Waals surface area (Å²) < 4.78 is 0. The van der Waals surface area contributed by atoms with Crippen molar-refractivity contribution in [1.29, 1.82) is 0 Å². The molecule has 0 aromatic heterocycles. The lowest BCUT2D eigenvalue weighted by molar-refractivity contribution is 1.03. The quantitative estimate of drug-likeness (QED) is 0.585. The van der Waals surface area contributed by atoms with Crippen molar-refractivity contribution in [2.75, 3.05) is 0 Å². The predicted octanol–water partition coefficient (Wildman–Crippen LogP) is 3.97. The molecule has 0 heterocycles. The van der Waals surface area contributed by atoms with Crippen molar-refractivity contribution in [2.45, 2.75) is 19.8 Å². The van der Waals surface area contributed by atoms with Gasteiger partial charge in [-0.1, -0.05) is 47.9 Å². The molecule has 0 radical (unpaired) electrons. The third kappa shape index (κ3) is 2.39. The van der Waals surface area contributed by atoms with Crippen LogP contribution in [0.25, 0.3) is 0 Å². The Morgan fingerprint density at radius 2 is 2.00 bits per heavy atom. The van der Waals surface area contributed by atoms with Gasteiger partial charge in [0.2, 0.25) is 0 Å². The molecular weight excluding hydrogens is 179 g/mol. The molecule has 0 bridgehead atoms. The highest BCUT2D eigenvalue weighted by Crippen LogP contribution is 2.24. The third-order valence-corrected chi connectivity index (χ3v) is 2.48. The standard InChI is InChI=1S/C9H10Cl2/c1-2-7-3-5-8(10)9(11)6-4-7/h3,5-6H,2,4H2,1H3. The molecular formula is C9H10Cl2. The van der Waals surface area contributed by atoms with Crippen LogP contribution in [0.15, 0.2) is 33.9 Å². The second-order valence-electron chi connectivity index (χ2n) is 2.45. The average Bonchev–Trinajstić information content (AvgIpc) is 2.16. The SMILES string of the molecule is CCC1=CC=C(Cl)C(Cl)=CC1. The second-order valence-corrected chi connectivity index (χ2v) is 3.26. The van der Waals surface area contributed by atoms with E-state index >= 15 is 0 Å². The molecule has 1 aliphatic rings. The maximum atomic E-state index is 5.82. The molecule has 0 nitrogen and oxygen atoms in total. The fraction of sp³-hybridized carbons (Fsp3) is 0.333. The van der Waals surface area contributed by atoms with Crippen LogP contribution in [0.2, 0.25) is 0 Å². The number of hydrogen-bond acceptors (Lipinski definition) is 0. The maximum Gasteiger partial charge on any atom is 0.0589 e. The minimum atomic E-state index is 0.634. The summed E-state index contributed by atoms with van der Waals surface area (Å²) >= 11 is 11.6. The third-order valence-electron chi connectivity index (χ3n) is 1.69. The Bertz CT molecular complexity index is 234. The second kappa shape index (κ2) is 3.99. The molecule has 1 rings (SSSR count). The summed E-state index contributed by atoms with van der Waals surface area (Å²) in [7, 11) is 0. The van der Waals surface area contributed by atoms with Gasteiger partial charge in [-0.3, -0.25) is 0 Å². The molecule has 1 aliphatic carbocycles. The molecule has 0 saturated heterocycles. The highest BCUT2D eigenvalue weighted by Gasteiger charge is 2.01. The van der Waals surface area contributed by atoms with E-state index in [0.29, 0.717) is 10.1 Å². The number of halogens is 2. The number of rotatable bonds is 1. The van der Waals surface area contributed by atoms with Crippen molar-refractivity contribution in [1.82, 2.24) is 0 Å². The summed E-state index contributed by atoms with van der Waals surface area (Å²) in [6.07, 6.45) is 7.81. The lowest BCUT2D eigenvalue weighted by atomic mass is 10.1. The summed E-state index contributed by atoms with van der Waals surface area (Å²) in [5.41, 5.74) is 1.36. The first kappa shape index (κ1) is 8.89. The Balaban J connectivity index is 2.84. The van der Waals surface area contributed by atoms with Crippen molar-refractivity contribution in [3.05, 3.63) is 33.9 Å². The molecule has 0 aromatic rings. The molecule has 0 fully saturated rings. The number of hydrogen-bond donors (Lipinski definition) is 0. The minimum Gasteiger partial charge on any atom is -0.0831 e. The first-order valence-electron chi connectivity index (χ1n) is 3.65. The summed E-state index contributed by atoms with van der Waals surface area (Å²) in [6.45, 7) is 2.13. The molecule has 0 N–H and O–H groups in total. The predicted molar refractivity (Wildman–Crippen MR) is 50.9 cm³/mol. The average molecular weight is 189 g/mol. The first-order chi connectivity index (χ1) is 5.24. The molecule has 60 valence electrons. The van der Waals surface area contributed by atoms with Gasteiger partial charge in [-0.15, -0.1) is 0 Å². The summed E-state index contributed by atoms with van der Waals surface area (Å²) in [6, 6.07) is 0. The topological polar surface area (TPSA) is 0 Å². The zero-order valence-electron chi connectivity index (χ0n) is 6.40. The Labute approximate surface area is 77.2 Å². The van der Waals surface area contributed by atoms with Crippen molar-refractivity contribution < 1.29 is 0 Å². The fourth-order valence-corrected chi connectivity index (χ4v) is 1.20. The van der Waals surface area contributed by atoms with Gasteiger partial charge in [-0.25, -0.2) is 0 Å². The van der Waals surface area contributed by atoms with Crippen molar-refractivity contribution >= 4 is 23.2 Å². The van der Waals surface area contributed by atoms with E-state index in [-0.39, 0.29) is 0 Å². The highest BCUT2D eigenvalue weighted by atomic mass is 35.5. The molecule has 0 amide bonds. The lowest BCUT2D eigenvalue weighted by Crippen LogP contribution is -1.75. The summed E-state index contributed by atoms with van der Waals surface area (Å²) in [5.74, 6) is 0. The largest absolute Gasteiger partial charge is 0.0831 e. The van der Waals surface area contributed by atoms with E-state index in [1.165, 1.54) is 5.57 Å². The minimum absolute atomic E-state index is 0.634. The smallest absolute Gasteiger partial charge is 0.0589 e. The summed E-state index contributed by atoms with van der Waals surface area (Å²) in [4.78, 5) is 0. The van der Waals surface area contributed by atoms with Crippen LogP contribution in [-0.4, -0.2) is 0 Å². The Morgan fingerprint density at radius 3 is 2.64 bits per heavy atom. The summed E-state index contributed by atoms with van der Waals surface area (Å²) in [5, 5.41) is 1.29. The Hall–Kier alpha value is -0.200. The van der Waals surface area contributed by atoms with Gasteiger partial charge in [0.05, 0.1) is 10.1 Å². The zero-order valence-corrected chi connectivity index (χ0v) is 7.91.